The van der Waals surface area contributed by atoms with E-state index in [9.17, 15) is 8.42 Å². The van der Waals surface area contributed by atoms with Crippen LogP contribution < -0.4 is 0 Å². The molecule has 1 aliphatic heterocycles. The molecule has 4 nitrogen and oxygen atoms in total. The summed E-state index contributed by atoms with van der Waals surface area (Å²) in [5.41, 5.74) is 7.09. The molecule has 0 spiro atoms. The van der Waals surface area contributed by atoms with Crippen molar-refractivity contribution in [2.75, 3.05) is 6.54 Å². The molecule has 0 atom stereocenters. The van der Waals surface area contributed by atoms with Crippen LogP contribution in [-0.4, -0.2) is 24.3 Å². The second kappa shape index (κ2) is 5.69. The maximum absolute atomic E-state index is 13.2. The molecule has 5 heteroatoms. The standard InChI is InChI=1S/C21H22N2O2S/c1-14-5-8-20-18(11-14)19-13-23(10-9-21(19)22-20)26(24,25)17-7-6-15-3-2-4-16(15)12-17/h5-8,11-12,22H,2-4,9-10,13H2,1H3. The fraction of sp³-hybridized carbons (Fsp3) is 0.333. The third-order valence-corrected chi connectivity index (χ3v) is 7.64. The van der Waals surface area contributed by atoms with Crippen molar-refractivity contribution in [1.82, 2.24) is 9.29 Å². The molecule has 0 saturated carbocycles. The number of aromatic amines is 1. The van der Waals surface area contributed by atoms with E-state index in [4.69, 9.17) is 0 Å². The highest BCUT2D eigenvalue weighted by Gasteiger charge is 2.31. The fourth-order valence-electron chi connectivity index (χ4n) is 4.37. The molecule has 0 bridgehead atoms. The third-order valence-electron chi connectivity index (χ3n) is 5.80. The van der Waals surface area contributed by atoms with Crippen LogP contribution in [0.4, 0.5) is 0 Å². The maximum atomic E-state index is 13.2. The van der Waals surface area contributed by atoms with E-state index in [-0.39, 0.29) is 0 Å². The Kier molecular flexibility index (Phi) is 3.52. The van der Waals surface area contributed by atoms with Gasteiger partial charge in [0.2, 0.25) is 10.0 Å². The van der Waals surface area contributed by atoms with Crippen LogP contribution in [0.15, 0.2) is 41.3 Å². The first-order chi connectivity index (χ1) is 12.5. The summed E-state index contributed by atoms with van der Waals surface area (Å²) < 4.78 is 28.1. The van der Waals surface area contributed by atoms with Gasteiger partial charge in [-0.25, -0.2) is 8.42 Å². The fourth-order valence-corrected chi connectivity index (χ4v) is 5.83. The quantitative estimate of drug-likeness (QED) is 0.752. The monoisotopic (exact) mass is 366 g/mol. The summed E-state index contributed by atoms with van der Waals surface area (Å²) in [5, 5.41) is 1.15. The number of hydrogen-bond acceptors (Lipinski definition) is 2. The predicted octanol–water partition coefficient (Wildman–Crippen LogP) is 3.71. The number of hydrogen-bond donors (Lipinski definition) is 1. The summed E-state index contributed by atoms with van der Waals surface area (Å²) in [6.45, 7) is 3.04. The minimum atomic E-state index is -3.46. The van der Waals surface area contributed by atoms with Gasteiger partial charge in [-0.2, -0.15) is 4.31 Å². The zero-order valence-electron chi connectivity index (χ0n) is 14.9. The minimum Gasteiger partial charge on any atom is -0.358 e. The molecule has 134 valence electrons. The third kappa shape index (κ3) is 2.42. The SMILES string of the molecule is Cc1ccc2[nH]c3c(c2c1)CN(S(=O)(=O)c1ccc2c(c1)CCC2)CC3. The molecule has 1 aliphatic carbocycles. The number of rotatable bonds is 2. The van der Waals surface area contributed by atoms with Gasteiger partial charge in [-0.3, -0.25) is 0 Å². The Bertz CT molecular complexity index is 1130. The molecule has 2 aliphatic rings. The molecule has 2 aromatic carbocycles. The normalized spacial score (nSPS) is 17.4. The summed E-state index contributed by atoms with van der Waals surface area (Å²) in [7, 11) is -3.46. The second-order valence-electron chi connectivity index (χ2n) is 7.50. The van der Waals surface area contributed by atoms with Gasteiger partial charge < -0.3 is 4.98 Å². The lowest BCUT2D eigenvalue weighted by Crippen LogP contribution is -2.35. The van der Waals surface area contributed by atoms with Gasteiger partial charge in [-0.15, -0.1) is 0 Å². The molecule has 0 fully saturated rings. The highest BCUT2D eigenvalue weighted by molar-refractivity contribution is 7.89. The van der Waals surface area contributed by atoms with Crippen LogP contribution >= 0.6 is 0 Å². The summed E-state index contributed by atoms with van der Waals surface area (Å²) in [6.07, 6.45) is 3.91. The first-order valence-electron chi connectivity index (χ1n) is 9.24. The lowest BCUT2D eigenvalue weighted by atomic mass is 10.0. The summed E-state index contributed by atoms with van der Waals surface area (Å²) in [6, 6.07) is 12.0. The lowest BCUT2D eigenvalue weighted by molar-refractivity contribution is 0.391. The van der Waals surface area contributed by atoms with Crippen LogP contribution in [0, 0.1) is 6.92 Å². The Morgan fingerprint density at radius 2 is 1.85 bits per heavy atom. The molecule has 26 heavy (non-hydrogen) atoms. The van der Waals surface area contributed by atoms with Crippen molar-refractivity contribution in [3.8, 4) is 0 Å². The number of benzene rings is 2. The first kappa shape index (κ1) is 16.1. The van der Waals surface area contributed by atoms with Gasteiger partial charge in [0, 0.05) is 36.1 Å². The van der Waals surface area contributed by atoms with Gasteiger partial charge >= 0.3 is 0 Å². The molecule has 2 heterocycles. The maximum Gasteiger partial charge on any atom is 0.243 e. The van der Waals surface area contributed by atoms with Crippen LogP contribution in [0.25, 0.3) is 10.9 Å². The number of nitrogens with one attached hydrogen (secondary N) is 1. The van der Waals surface area contributed by atoms with Crippen molar-refractivity contribution in [3.05, 3.63) is 64.3 Å². The minimum absolute atomic E-state index is 0.442. The van der Waals surface area contributed by atoms with E-state index in [1.165, 1.54) is 22.4 Å². The molecule has 1 N–H and O–H groups in total. The summed E-state index contributed by atoms with van der Waals surface area (Å²) in [5.74, 6) is 0. The van der Waals surface area contributed by atoms with Gasteiger partial charge in [0.15, 0.2) is 0 Å². The van der Waals surface area contributed by atoms with Crippen molar-refractivity contribution in [2.24, 2.45) is 0 Å². The largest absolute Gasteiger partial charge is 0.358 e. The Hall–Kier alpha value is -2.11. The molecule has 0 amide bonds. The van der Waals surface area contributed by atoms with Crippen LogP contribution in [0.5, 0.6) is 0 Å². The van der Waals surface area contributed by atoms with E-state index in [1.807, 2.05) is 12.1 Å². The Morgan fingerprint density at radius 3 is 2.73 bits per heavy atom. The highest BCUT2D eigenvalue weighted by atomic mass is 32.2. The van der Waals surface area contributed by atoms with E-state index >= 15 is 0 Å². The molecular weight excluding hydrogens is 344 g/mol. The molecular formula is C21H22N2O2S. The highest BCUT2D eigenvalue weighted by Crippen LogP contribution is 2.32. The Balaban J connectivity index is 1.53. The Morgan fingerprint density at radius 1 is 1.00 bits per heavy atom. The average molecular weight is 366 g/mol. The van der Waals surface area contributed by atoms with Gasteiger partial charge in [-0.05, 0) is 67.1 Å². The van der Waals surface area contributed by atoms with Gasteiger partial charge in [0.1, 0.15) is 0 Å². The molecule has 0 radical (unpaired) electrons. The first-order valence-corrected chi connectivity index (χ1v) is 10.7. The van der Waals surface area contributed by atoms with E-state index in [2.05, 4.69) is 30.1 Å². The van der Waals surface area contributed by atoms with Crippen molar-refractivity contribution in [2.45, 2.75) is 44.0 Å². The van der Waals surface area contributed by atoms with E-state index in [0.29, 0.717) is 18.0 Å². The van der Waals surface area contributed by atoms with Crippen molar-refractivity contribution < 1.29 is 8.42 Å². The van der Waals surface area contributed by atoms with Crippen LogP contribution in [-0.2, 0) is 35.8 Å². The number of H-pyrrole nitrogens is 1. The molecule has 5 rings (SSSR count). The number of nitrogens with zero attached hydrogens (tertiary/aromatic N) is 1. The van der Waals surface area contributed by atoms with Crippen molar-refractivity contribution in [3.63, 3.8) is 0 Å². The molecule has 0 saturated heterocycles. The van der Waals surface area contributed by atoms with Crippen LogP contribution in [0.2, 0.25) is 0 Å². The average Bonchev–Trinajstić information content (AvgIpc) is 3.24. The van der Waals surface area contributed by atoms with Gasteiger partial charge in [0.05, 0.1) is 4.90 Å². The smallest absolute Gasteiger partial charge is 0.243 e. The summed E-state index contributed by atoms with van der Waals surface area (Å²) >= 11 is 0. The molecule has 1 aromatic heterocycles. The zero-order chi connectivity index (χ0) is 17.9. The number of sulfonamides is 1. The zero-order valence-corrected chi connectivity index (χ0v) is 15.7. The Labute approximate surface area is 153 Å². The molecule has 0 unspecified atom stereocenters. The second-order valence-corrected chi connectivity index (χ2v) is 9.44. The van der Waals surface area contributed by atoms with E-state index < -0.39 is 10.0 Å². The predicted molar refractivity (Wildman–Crippen MR) is 103 cm³/mol. The van der Waals surface area contributed by atoms with Gasteiger partial charge in [-0.1, -0.05) is 17.7 Å². The van der Waals surface area contributed by atoms with Crippen molar-refractivity contribution >= 4 is 20.9 Å². The topological polar surface area (TPSA) is 53.2 Å². The number of aromatic nitrogens is 1. The summed E-state index contributed by atoms with van der Waals surface area (Å²) in [4.78, 5) is 3.91. The van der Waals surface area contributed by atoms with Crippen LogP contribution in [0.3, 0.4) is 0 Å². The molecule has 3 aromatic rings. The van der Waals surface area contributed by atoms with E-state index in [1.54, 1.807) is 10.4 Å². The number of fused-ring (bicyclic) bond motifs is 4. The van der Waals surface area contributed by atoms with Crippen LogP contribution in [0.1, 0.15) is 34.4 Å². The van der Waals surface area contributed by atoms with Gasteiger partial charge in [0.25, 0.3) is 0 Å². The van der Waals surface area contributed by atoms with E-state index in [0.717, 1.165) is 42.1 Å². The van der Waals surface area contributed by atoms with Crippen molar-refractivity contribution in [1.29, 1.82) is 0 Å². The number of aryl methyl sites for hydroxylation is 3. The lowest BCUT2D eigenvalue weighted by Gasteiger charge is -2.26.